The van der Waals surface area contributed by atoms with Gasteiger partial charge in [0.1, 0.15) is 11.5 Å². The summed E-state index contributed by atoms with van der Waals surface area (Å²) in [6.45, 7) is 9.21. The van der Waals surface area contributed by atoms with Gasteiger partial charge in [-0.1, -0.05) is 51.5 Å². The molecule has 2 atom stereocenters. The van der Waals surface area contributed by atoms with E-state index in [1.165, 1.54) is 54.8 Å². The predicted octanol–water partition coefficient (Wildman–Crippen LogP) is 7.38. The van der Waals surface area contributed by atoms with Gasteiger partial charge in [0.2, 0.25) is 0 Å². The van der Waals surface area contributed by atoms with Crippen LogP contribution in [0.2, 0.25) is 0 Å². The van der Waals surface area contributed by atoms with Crippen molar-refractivity contribution in [3.8, 4) is 0 Å². The van der Waals surface area contributed by atoms with E-state index in [4.69, 9.17) is 4.42 Å². The average Bonchev–Trinajstić information content (AvgIpc) is 3.02. The van der Waals surface area contributed by atoms with Crippen LogP contribution in [0.3, 0.4) is 0 Å². The topological polar surface area (TPSA) is 13.1 Å². The Labute approximate surface area is 152 Å². The first-order valence-corrected chi connectivity index (χ1v) is 10.3. The fourth-order valence-corrected chi connectivity index (χ4v) is 4.82. The zero-order valence-electron chi connectivity index (χ0n) is 16.3. The van der Waals surface area contributed by atoms with Gasteiger partial charge in [-0.05, 0) is 67.6 Å². The fourth-order valence-electron chi connectivity index (χ4n) is 4.82. The normalized spacial score (nSPS) is 26.1. The van der Waals surface area contributed by atoms with Crippen molar-refractivity contribution in [1.29, 1.82) is 0 Å². The summed E-state index contributed by atoms with van der Waals surface area (Å²) < 4.78 is 6.37. The highest BCUT2D eigenvalue weighted by atomic mass is 16.3. The lowest BCUT2D eigenvalue weighted by atomic mass is 9.76. The first kappa shape index (κ1) is 16.9. The van der Waals surface area contributed by atoms with E-state index in [1.54, 1.807) is 11.1 Å². The van der Waals surface area contributed by atoms with Gasteiger partial charge in [-0.3, -0.25) is 0 Å². The van der Waals surface area contributed by atoms with E-state index in [2.05, 4.69) is 52.0 Å². The molecule has 0 fully saturated rings. The third kappa shape index (κ3) is 3.18. The summed E-state index contributed by atoms with van der Waals surface area (Å²) in [5.74, 6) is 4.89. The first-order valence-electron chi connectivity index (χ1n) is 10.3. The summed E-state index contributed by atoms with van der Waals surface area (Å²) in [6, 6.07) is 2.34. The van der Waals surface area contributed by atoms with E-state index in [-0.39, 0.29) is 0 Å². The van der Waals surface area contributed by atoms with E-state index in [0.29, 0.717) is 23.7 Å². The lowest BCUT2D eigenvalue weighted by Crippen LogP contribution is -2.14. The van der Waals surface area contributed by atoms with Crippen LogP contribution < -0.4 is 0 Å². The van der Waals surface area contributed by atoms with E-state index >= 15 is 0 Å². The lowest BCUT2D eigenvalue weighted by Gasteiger charge is -2.29. The molecule has 7 rings (SSSR count). The SMILES string of the molecule is CC(C)C1=C2C=C[C@@H](CC[C@H]3CC=C(CC2)c2cc(C(C)C)oc23)C1. The number of allylic oxidation sites excluding steroid dienone is 6. The van der Waals surface area contributed by atoms with Crippen molar-refractivity contribution < 1.29 is 4.42 Å². The van der Waals surface area contributed by atoms with Gasteiger partial charge in [0.15, 0.2) is 0 Å². The number of hydrogen-bond donors (Lipinski definition) is 0. The van der Waals surface area contributed by atoms with Crippen molar-refractivity contribution in [2.75, 3.05) is 0 Å². The standard InChI is InChI=1S/C24H32O/c1-15(2)21-13-17-5-7-18(21)9-10-19-11-12-20(8-6-17)24-22(19)14-23(25-24)16(3)4/h5,7,11,14-17,20H,6,8-10,12-13H2,1-4H3/t17-,20-/m0/s1. The Bertz CT molecular complexity index is 738. The van der Waals surface area contributed by atoms with Crippen molar-refractivity contribution in [3.05, 3.63) is 52.5 Å². The molecule has 0 unspecified atom stereocenters. The van der Waals surface area contributed by atoms with Gasteiger partial charge in [-0.15, -0.1) is 0 Å². The van der Waals surface area contributed by atoms with Crippen LogP contribution in [0.5, 0.6) is 0 Å². The molecule has 1 aromatic rings. The summed E-state index contributed by atoms with van der Waals surface area (Å²) in [7, 11) is 0. The van der Waals surface area contributed by atoms with Gasteiger partial charge in [-0.25, -0.2) is 0 Å². The van der Waals surface area contributed by atoms with E-state index < -0.39 is 0 Å². The Hall–Kier alpha value is -1.50. The van der Waals surface area contributed by atoms with Gasteiger partial charge in [-0.2, -0.15) is 0 Å². The second kappa shape index (κ2) is 6.67. The van der Waals surface area contributed by atoms with Gasteiger partial charge >= 0.3 is 0 Å². The highest BCUT2D eigenvalue weighted by molar-refractivity contribution is 5.70. The van der Waals surface area contributed by atoms with Crippen LogP contribution in [0.25, 0.3) is 5.57 Å². The molecule has 1 nitrogen and oxygen atoms in total. The van der Waals surface area contributed by atoms with Crippen LogP contribution in [-0.2, 0) is 0 Å². The maximum absolute atomic E-state index is 6.37. The molecular weight excluding hydrogens is 304 g/mol. The second-order valence-corrected chi connectivity index (χ2v) is 8.85. The molecule has 134 valence electrons. The Morgan fingerprint density at radius 1 is 1.04 bits per heavy atom. The van der Waals surface area contributed by atoms with Crippen LogP contribution in [0.15, 0.2) is 39.9 Å². The molecule has 0 spiro atoms. The molecule has 0 aliphatic heterocycles. The molecule has 0 amide bonds. The molecule has 1 heteroatoms. The molecule has 0 saturated heterocycles. The Morgan fingerprint density at radius 3 is 2.64 bits per heavy atom. The predicted molar refractivity (Wildman–Crippen MR) is 106 cm³/mol. The Kier molecular flexibility index (Phi) is 4.52. The highest BCUT2D eigenvalue weighted by Gasteiger charge is 2.29. The first-order chi connectivity index (χ1) is 12.0. The van der Waals surface area contributed by atoms with Crippen LogP contribution in [0.1, 0.15) is 95.1 Å². The van der Waals surface area contributed by atoms with E-state index in [9.17, 15) is 0 Å². The molecule has 0 aromatic carbocycles. The monoisotopic (exact) mass is 336 g/mol. The summed E-state index contributed by atoms with van der Waals surface area (Å²) in [5.41, 5.74) is 6.25. The van der Waals surface area contributed by atoms with Crippen LogP contribution in [0, 0.1) is 11.8 Å². The average molecular weight is 337 g/mol. The maximum Gasteiger partial charge on any atom is 0.115 e. The smallest absolute Gasteiger partial charge is 0.115 e. The van der Waals surface area contributed by atoms with Crippen molar-refractivity contribution in [1.82, 2.24) is 0 Å². The number of furan rings is 1. The van der Waals surface area contributed by atoms with Crippen molar-refractivity contribution in [2.24, 2.45) is 11.8 Å². The summed E-state index contributed by atoms with van der Waals surface area (Å²) in [4.78, 5) is 0. The molecule has 6 aliphatic carbocycles. The second-order valence-electron chi connectivity index (χ2n) is 8.85. The minimum atomic E-state index is 0.469. The molecule has 1 heterocycles. The molecule has 0 radical (unpaired) electrons. The molecule has 0 N–H and O–H groups in total. The van der Waals surface area contributed by atoms with Crippen LogP contribution >= 0.6 is 0 Å². The third-order valence-corrected chi connectivity index (χ3v) is 6.43. The lowest BCUT2D eigenvalue weighted by molar-refractivity contribution is 0.386. The molecular formula is C24H32O. The molecule has 4 bridgehead atoms. The van der Waals surface area contributed by atoms with E-state index in [0.717, 1.165) is 6.42 Å². The Balaban J connectivity index is 1.71. The van der Waals surface area contributed by atoms with Gasteiger partial charge in [0, 0.05) is 17.4 Å². The van der Waals surface area contributed by atoms with Crippen LogP contribution in [0.4, 0.5) is 0 Å². The number of hydrogen-bond acceptors (Lipinski definition) is 1. The van der Waals surface area contributed by atoms with Crippen molar-refractivity contribution >= 4 is 5.57 Å². The van der Waals surface area contributed by atoms with E-state index in [1.807, 2.05) is 0 Å². The highest BCUT2D eigenvalue weighted by Crippen LogP contribution is 2.45. The summed E-state index contributed by atoms with van der Waals surface area (Å²) in [5, 5.41) is 0. The summed E-state index contributed by atoms with van der Waals surface area (Å²) >= 11 is 0. The van der Waals surface area contributed by atoms with Crippen LogP contribution in [-0.4, -0.2) is 0 Å². The largest absolute Gasteiger partial charge is 0.465 e. The van der Waals surface area contributed by atoms with Gasteiger partial charge in [0.25, 0.3) is 0 Å². The number of rotatable bonds is 2. The maximum atomic E-state index is 6.37. The quantitative estimate of drug-likeness (QED) is 0.549. The fraction of sp³-hybridized carbons (Fsp3) is 0.583. The molecule has 6 aliphatic rings. The zero-order valence-corrected chi connectivity index (χ0v) is 16.3. The van der Waals surface area contributed by atoms with Gasteiger partial charge in [0.05, 0.1) is 0 Å². The minimum Gasteiger partial charge on any atom is -0.465 e. The molecule has 1 aromatic heterocycles. The van der Waals surface area contributed by atoms with Crippen molar-refractivity contribution in [3.63, 3.8) is 0 Å². The minimum absolute atomic E-state index is 0.469. The molecule has 25 heavy (non-hydrogen) atoms. The zero-order chi connectivity index (χ0) is 17.6. The molecule has 0 saturated carbocycles. The van der Waals surface area contributed by atoms with Gasteiger partial charge < -0.3 is 4.42 Å². The third-order valence-electron chi connectivity index (χ3n) is 6.43. The van der Waals surface area contributed by atoms with Crippen molar-refractivity contribution in [2.45, 2.75) is 78.1 Å². The Morgan fingerprint density at radius 2 is 1.88 bits per heavy atom. The summed E-state index contributed by atoms with van der Waals surface area (Å²) in [6.07, 6.45) is 14.8.